The molecule has 100 valence electrons. The zero-order valence-electron chi connectivity index (χ0n) is 10.4. The normalized spacial score (nSPS) is 10.6. The monoisotopic (exact) mass is 286 g/mol. The molecule has 0 aliphatic heterocycles. The number of Topliss-reactive ketones (excluding diaryl/α,β-unsaturated/α-hetero) is 1. The van der Waals surface area contributed by atoms with Gasteiger partial charge in [-0.1, -0.05) is 24.3 Å². The van der Waals surface area contributed by atoms with Crippen LogP contribution in [-0.2, 0) is 4.74 Å². The predicted molar refractivity (Wildman–Crippen MR) is 75.1 cm³/mol. The van der Waals surface area contributed by atoms with Crippen molar-refractivity contribution >= 4 is 34.1 Å². The van der Waals surface area contributed by atoms with Gasteiger partial charge in [0.25, 0.3) is 0 Å². The summed E-state index contributed by atoms with van der Waals surface area (Å²) in [6.45, 7) is -0.281. The number of furan rings is 1. The van der Waals surface area contributed by atoms with Crippen LogP contribution in [0.25, 0.3) is 11.0 Å². The lowest BCUT2D eigenvalue weighted by molar-refractivity contribution is 0.0447. The molecule has 5 heteroatoms. The molecule has 0 amide bonds. The lowest BCUT2D eigenvalue weighted by atomic mass is 10.2. The minimum Gasteiger partial charge on any atom is -0.451 e. The summed E-state index contributed by atoms with van der Waals surface area (Å²) in [7, 11) is 0. The van der Waals surface area contributed by atoms with Gasteiger partial charge in [0.15, 0.2) is 6.61 Å². The second-order valence-electron chi connectivity index (χ2n) is 4.13. The van der Waals surface area contributed by atoms with E-state index in [9.17, 15) is 9.59 Å². The Morgan fingerprint density at radius 2 is 2.00 bits per heavy atom. The number of carbonyl (C=O) groups is 2. The number of fused-ring (bicyclic) bond motifs is 1. The number of rotatable bonds is 4. The average Bonchev–Trinajstić information content (AvgIpc) is 3.12. The standard InChI is InChI=1S/C15H10O4S/c16-11(14-6-3-7-20-14)9-18-15(17)13-8-10-4-1-2-5-12(10)19-13/h1-8H,9H2. The molecule has 0 radical (unpaired) electrons. The third-order valence-electron chi connectivity index (χ3n) is 2.76. The first-order valence-electron chi connectivity index (χ1n) is 5.96. The summed E-state index contributed by atoms with van der Waals surface area (Å²) in [5.41, 5.74) is 0.615. The van der Waals surface area contributed by atoms with Gasteiger partial charge in [0, 0.05) is 5.39 Å². The second-order valence-corrected chi connectivity index (χ2v) is 5.07. The van der Waals surface area contributed by atoms with Crippen LogP contribution in [0.5, 0.6) is 0 Å². The van der Waals surface area contributed by atoms with Crippen molar-refractivity contribution in [1.29, 1.82) is 0 Å². The first kappa shape index (κ1) is 12.6. The summed E-state index contributed by atoms with van der Waals surface area (Å²) in [5.74, 6) is -0.749. The fourth-order valence-electron chi connectivity index (χ4n) is 1.79. The van der Waals surface area contributed by atoms with E-state index in [-0.39, 0.29) is 18.2 Å². The van der Waals surface area contributed by atoms with Crippen LogP contribution >= 0.6 is 11.3 Å². The van der Waals surface area contributed by atoms with Gasteiger partial charge in [0.2, 0.25) is 11.5 Å². The summed E-state index contributed by atoms with van der Waals surface area (Å²) < 4.78 is 10.3. The van der Waals surface area contributed by atoms with Crippen LogP contribution in [0.1, 0.15) is 20.2 Å². The third kappa shape index (κ3) is 2.48. The summed E-state index contributed by atoms with van der Waals surface area (Å²) in [6, 6.07) is 12.4. The number of hydrogen-bond donors (Lipinski definition) is 0. The predicted octanol–water partition coefficient (Wildman–Crippen LogP) is 3.53. The van der Waals surface area contributed by atoms with Gasteiger partial charge < -0.3 is 9.15 Å². The molecule has 2 heterocycles. The number of hydrogen-bond acceptors (Lipinski definition) is 5. The molecule has 0 aliphatic rings. The average molecular weight is 286 g/mol. The van der Waals surface area contributed by atoms with E-state index in [0.29, 0.717) is 10.5 Å². The van der Waals surface area contributed by atoms with E-state index in [4.69, 9.17) is 9.15 Å². The van der Waals surface area contributed by atoms with Crippen LogP contribution in [0.4, 0.5) is 0 Å². The van der Waals surface area contributed by atoms with Gasteiger partial charge in [-0.3, -0.25) is 4.79 Å². The van der Waals surface area contributed by atoms with E-state index in [1.54, 1.807) is 29.6 Å². The number of ketones is 1. The molecule has 3 aromatic rings. The van der Waals surface area contributed by atoms with Gasteiger partial charge in [0.05, 0.1) is 4.88 Å². The van der Waals surface area contributed by atoms with Crippen LogP contribution in [0.15, 0.2) is 52.3 Å². The van der Waals surface area contributed by atoms with E-state index >= 15 is 0 Å². The molecule has 0 unspecified atom stereocenters. The fraction of sp³-hybridized carbons (Fsp3) is 0.0667. The highest BCUT2D eigenvalue weighted by Crippen LogP contribution is 2.19. The van der Waals surface area contributed by atoms with E-state index in [1.165, 1.54) is 11.3 Å². The lowest BCUT2D eigenvalue weighted by Crippen LogP contribution is -2.12. The zero-order valence-corrected chi connectivity index (χ0v) is 11.2. The van der Waals surface area contributed by atoms with E-state index in [1.807, 2.05) is 18.2 Å². The number of ether oxygens (including phenoxy) is 1. The van der Waals surface area contributed by atoms with Crippen molar-refractivity contribution in [1.82, 2.24) is 0 Å². The SMILES string of the molecule is O=C(OCC(=O)c1cccs1)c1cc2ccccc2o1. The van der Waals surface area contributed by atoms with E-state index < -0.39 is 5.97 Å². The van der Waals surface area contributed by atoms with Crippen LogP contribution < -0.4 is 0 Å². The molecule has 0 saturated heterocycles. The molecule has 3 rings (SSSR count). The second kappa shape index (κ2) is 5.30. The smallest absolute Gasteiger partial charge is 0.374 e. The minimum atomic E-state index is -0.633. The van der Waals surface area contributed by atoms with Gasteiger partial charge >= 0.3 is 5.97 Å². The van der Waals surface area contributed by atoms with Crippen molar-refractivity contribution in [3.63, 3.8) is 0 Å². The van der Waals surface area contributed by atoms with Crippen molar-refractivity contribution in [2.24, 2.45) is 0 Å². The summed E-state index contributed by atoms with van der Waals surface area (Å²) in [5, 5.41) is 2.62. The van der Waals surface area contributed by atoms with Crippen molar-refractivity contribution in [2.45, 2.75) is 0 Å². The van der Waals surface area contributed by atoms with Crippen LogP contribution in [0.3, 0.4) is 0 Å². The Balaban J connectivity index is 1.68. The van der Waals surface area contributed by atoms with Crippen molar-refractivity contribution in [3.05, 3.63) is 58.5 Å². The molecule has 0 saturated carbocycles. The molecule has 1 aromatic carbocycles. The first-order chi connectivity index (χ1) is 9.74. The zero-order chi connectivity index (χ0) is 13.9. The Labute approximate surface area is 118 Å². The highest BCUT2D eigenvalue weighted by molar-refractivity contribution is 7.12. The van der Waals surface area contributed by atoms with Crippen molar-refractivity contribution in [3.8, 4) is 0 Å². The highest BCUT2D eigenvalue weighted by Gasteiger charge is 2.16. The van der Waals surface area contributed by atoms with Gasteiger partial charge in [-0.15, -0.1) is 11.3 Å². The minimum absolute atomic E-state index is 0.102. The van der Waals surface area contributed by atoms with Crippen LogP contribution in [0.2, 0.25) is 0 Å². The molecule has 20 heavy (non-hydrogen) atoms. The molecule has 0 fully saturated rings. The van der Waals surface area contributed by atoms with Gasteiger partial charge in [-0.25, -0.2) is 4.79 Å². The maximum absolute atomic E-state index is 11.8. The number of carbonyl (C=O) groups excluding carboxylic acids is 2. The van der Waals surface area contributed by atoms with E-state index in [2.05, 4.69) is 0 Å². The van der Waals surface area contributed by atoms with Crippen molar-refractivity contribution < 1.29 is 18.7 Å². The number of benzene rings is 1. The summed E-state index contributed by atoms with van der Waals surface area (Å²) >= 11 is 1.32. The molecule has 2 aromatic heterocycles. The molecule has 0 N–H and O–H groups in total. The lowest BCUT2D eigenvalue weighted by Gasteiger charge is -2.00. The quantitative estimate of drug-likeness (QED) is 0.544. The summed E-state index contributed by atoms with van der Waals surface area (Å²) in [4.78, 5) is 24.1. The van der Waals surface area contributed by atoms with Gasteiger partial charge in [0.1, 0.15) is 5.58 Å². The fourth-order valence-corrected chi connectivity index (χ4v) is 2.44. The Morgan fingerprint density at radius 1 is 1.15 bits per heavy atom. The van der Waals surface area contributed by atoms with Gasteiger partial charge in [-0.2, -0.15) is 0 Å². The van der Waals surface area contributed by atoms with Crippen molar-refractivity contribution in [2.75, 3.05) is 6.61 Å². The molecular formula is C15H10O4S. The number of thiophene rings is 1. The molecule has 0 aliphatic carbocycles. The Morgan fingerprint density at radius 3 is 2.75 bits per heavy atom. The molecule has 0 atom stereocenters. The van der Waals surface area contributed by atoms with E-state index in [0.717, 1.165) is 5.39 Å². The number of esters is 1. The Kier molecular flexibility index (Phi) is 3.35. The third-order valence-corrected chi connectivity index (χ3v) is 3.67. The Bertz CT molecular complexity index is 722. The Hall–Kier alpha value is -2.40. The molecular weight excluding hydrogens is 276 g/mol. The topological polar surface area (TPSA) is 56.5 Å². The largest absolute Gasteiger partial charge is 0.451 e. The maximum atomic E-state index is 11.8. The highest BCUT2D eigenvalue weighted by atomic mass is 32.1. The van der Waals surface area contributed by atoms with Crippen LogP contribution in [-0.4, -0.2) is 18.4 Å². The molecule has 0 bridgehead atoms. The summed E-state index contributed by atoms with van der Waals surface area (Å²) in [6.07, 6.45) is 0. The number of para-hydroxylation sites is 1. The first-order valence-corrected chi connectivity index (χ1v) is 6.84. The molecule has 4 nitrogen and oxygen atoms in total. The molecule has 0 spiro atoms. The van der Waals surface area contributed by atoms with Crippen LogP contribution in [0, 0.1) is 0 Å². The van der Waals surface area contributed by atoms with Gasteiger partial charge in [-0.05, 0) is 23.6 Å². The maximum Gasteiger partial charge on any atom is 0.374 e.